The van der Waals surface area contributed by atoms with Crippen molar-refractivity contribution in [1.82, 2.24) is 5.32 Å². The highest BCUT2D eigenvalue weighted by Crippen LogP contribution is 2.21. The van der Waals surface area contributed by atoms with Gasteiger partial charge >= 0.3 is 0 Å². The minimum atomic E-state index is -0.417. The van der Waals surface area contributed by atoms with Crippen LogP contribution in [-0.2, 0) is 9.53 Å². The maximum Gasteiger partial charge on any atom is 0.293 e. The summed E-state index contributed by atoms with van der Waals surface area (Å²) in [6.07, 6.45) is 1.08. The van der Waals surface area contributed by atoms with Crippen LogP contribution in [0.25, 0.3) is 0 Å². The highest BCUT2D eigenvalue weighted by atomic mass is 16.6. The first-order valence-corrected chi connectivity index (χ1v) is 7.05. The van der Waals surface area contributed by atoms with Gasteiger partial charge in [-0.3, -0.25) is 14.9 Å². The summed E-state index contributed by atoms with van der Waals surface area (Å²) in [7, 11) is 0. The van der Waals surface area contributed by atoms with Crippen molar-refractivity contribution in [2.45, 2.75) is 38.9 Å². The second kappa shape index (κ2) is 8.33. The van der Waals surface area contributed by atoms with Crippen molar-refractivity contribution in [1.29, 1.82) is 0 Å². The molecule has 1 aromatic carbocycles. The molecule has 0 aliphatic carbocycles. The fraction of sp³-hybridized carbons (Fsp3) is 0.533. The van der Waals surface area contributed by atoms with Crippen molar-refractivity contribution >= 4 is 12.2 Å². The molecule has 0 bridgehead atoms. The molecule has 0 radical (unpaired) electrons. The molecule has 1 aliphatic heterocycles. The maximum atomic E-state index is 10.5. The number of carbonyl (C=O) groups is 1. The van der Waals surface area contributed by atoms with E-state index in [1.807, 2.05) is 20.8 Å². The third kappa shape index (κ3) is 7.03. The van der Waals surface area contributed by atoms with Gasteiger partial charge in [-0.15, -0.1) is 0 Å². The Balaban J connectivity index is 0.000000295. The minimum absolute atomic E-state index is 0.0680. The van der Waals surface area contributed by atoms with Crippen molar-refractivity contribution < 1.29 is 19.2 Å². The third-order valence-corrected chi connectivity index (χ3v) is 2.75. The number of nitro groups is 1. The van der Waals surface area contributed by atoms with E-state index in [0.717, 1.165) is 19.5 Å². The molecule has 7 nitrogen and oxygen atoms in total. The van der Waals surface area contributed by atoms with Gasteiger partial charge in [-0.25, -0.2) is 0 Å². The van der Waals surface area contributed by atoms with Crippen molar-refractivity contribution in [3.05, 3.63) is 34.4 Å². The van der Waals surface area contributed by atoms with E-state index in [2.05, 4.69) is 10.1 Å². The molecule has 1 N–H and O–H groups in total. The van der Waals surface area contributed by atoms with E-state index >= 15 is 0 Å². The Morgan fingerprint density at radius 3 is 2.59 bits per heavy atom. The van der Waals surface area contributed by atoms with Gasteiger partial charge in [-0.1, -0.05) is 6.07 Å². The Morgan fingerprint density at radius 1 is 1.41 bits per heavy atom. The van der Waals surface area contributed by atoms with E-state index in [4.69, 9.17) is 4.74 Å². The molecule has 122 valence electrons. The molecular formula is C15H22N2O5. The van der Waals surface area contributed by atoms with Gasteiger partial charge in [0, 0.05) is 12.6 Å². The predicted molar refractivity (Wildman–Crippen MR) is 81.9 cm³/mol. The first-order valence-electron chi connectivity index (χ1n) is 7.05. The molecule has 0 amide bonds. The summed E-state index contributed by atoms with van der Waals surface area (Å²) in [5, 5.41) is 13.7. The van der Waals surface area contributed by atoms with E-state index in [0.29, 0.717) is 12.2 Å². The number of rotatable bonds is 4. The molecule has 2 rings (SSSR count). The van der Waals surface area contributed by atoms with Gasteiger partial charge in [-0.2, -0.15) is 0 Å². The summed E-state index contributed by atoms with van der Waals surface area (Å²) in [5.41, 5.74) is -0.250. The molecule has 22 heavy (non-hydrogen) atoms. The van der Waals surface area contributed by atoms with Crippen LogP contribution in [0.15, 0.2) is 24.3 Å². The average molecular weight is 310 g/mol. The SMILES string of the molecule is CC(C)(C)OC=O.O=[N+]([O-])c1cccc(OC2CCNC2)c1. The van der Waals surface area contributed by atoms with Crippen LogP contribution < -0.4 is 10.1 Å². The lowest BCUT2D eigenvalue weighted by molar-refractivity contribution is -0.384. The number of nitrogens with zero attached hydrogens (tertiary/aromatic N) is 1. The van der Waals surface area contributed by atoms with Crippen LogP contribution in [0.4, 0.5) is 5.69 Å². The lowest BCUT2D eigenvalue weighted by Gasteiger charge is -2.14. The molecule has 0 spiro atoms. The van der Waals surface area contributed by atoms with Gasteiger partial charge < -0.3 is 14.8 Å². The Bertz CT molecular complexity index is 493. The molecule has 1 unspecified atom stereocenters. The minimum Gasteiger partial charge on any atom is -0.489 e. The number of nitro benzene ring substituents is 1. The summed E-state index contributed by atoms with van der Waals surface area (Å²) in [6, 6.07) is 6.29. The van der Waals surface area contributed by atoms with E-state index in [-0.39, 0.29) is 17.4 Å². The fourth-order valence-electron chi connectivity index (χ4n) is 1.74. The van der Waals surface area contributed by atoms with Gasteiger partial charge in [0.2, 0.25) is 0 Å². The normalized spacial score (nSPS) is 17.1. The average Bonchev–Trinajstić information content (AvgIpc) is 2.91. The molecule has 1 saturated heterocycles. The zero-order valence-corrected chi connectivity index (χ0v) is 13.1. The summed E-state index contributed by atoms with van der Waals surface area (Å²) >= 11 is 0. The van der Waals surface area contributed by atoms with Gasteiger partial charge in [0.05, 0.1) is 11.0 Å². The molecule has 1 aromatic rings. The van der Waals surface area contributed by atoms with Gasteiger partial charge in [-0.05, 0) is 39.8 Å². The number of nitrogens with one attached hydrogen (secondary N) is 1. The summed E-state index contributed by atoms with van der Waals surface area (Å²) in [6.45, 7) is 7.67. The molecule has 0 saturated carbocycles. The van der Waals surface area contributed by atoms with Crippen molar-refractivity contribution in [3.8, 4) is 5.75 Å². The largest absolute Gasteiger partial charge is 0.489 e. The molecular weight excluding hydrogens is 288 g/mol. The smallest absolute Gasteiger partial charge is 0.293 e. The Morgan fingerprint density at radius 2 is 2.14 bits per heavy atom. The number of carbonyl (C=O) groups excluding carboxylic acids is 1. The second-order valence-electron chi connectivity index (χ2n) is 5.81. The molecule has 7 heteroatoms. The van der Waals surface area contributed by atoms with Crippen LogP contribution >= 0.6 is 0 Å². The molecule has 1 aliphatic rings. The number of hydrogen-bond donors (Lipinski definition) is 1. The van der Waals surface area contributed by atoms with Crippen LogP contribution in [0.2, 0.25) is 0 Å². The topological polar surface area (TPSA) is 90.7 Å². The molecule has 1 heterocycles. The van der Waals surface area contributed by atoms with E-state index in [9.17, 15) is 14.9 Å². The fourth-order valence-corrected chi connectivity index (χ4v) is 1.74. The van der Waals surface area contributed by atoms with Crippen molar-refractivity contribution in [2.24, 2.45) is 0 Å². The Kier molecular flexibility index (Phi) is 6.78. The van der Waals surface area contributed by atoms with Gasteiger partial charge in [0.25, 0.3) is 12.2 Å². The van der Waals surface area contributed by atoms with Crippen LogP contribution in [-0.4, -0.2) is 36.2 Å². The number of benzene rings is 1. The Hall–Kier alpha value is -2.15. The van der Waals surface area contributed by atoms with Crippen LogP contribution in [0.3, 0.4) is 0 Å². The van der Waals surface area contributed by atoms with Crippen LogP contribution in [0, 0.1) is 10.1 Å². The summed E-state index contributed by atoms with van der Waals surface area (Å²) < 4.78 is 10.1. The molecule has 1 fully saturated rings. The third-order valence-electron chi connectivity index (χ3n) is 2.75. The first kappa shape index (κ1) is 17.9. The van der Waals surface area contributed by atoms with Crippen LogP contribution in [0.1, 0.15) is 27.2 Å². The number of non-ortho nitro benzene ring substituents is 1. The highest BCUT2D eigenvalue weighted by Gasteiger charge is 2.16. The lowest BCUT2D eigenvalue weighted by atomic mass is 10.2. The Labute approximate surface area is 129 Å². The van der Waals surface area contributed by atoms with E-state index in [1.54, 1.807) is 12.1 Å². The van der Waals surface area contributed by atoms with Gasteiger partial charge in [0.1, 0.15) is 17.5 Å². The maximum absolute atomic E-state index is 10.5. The molecule has 0 aromatic heterocycles. The van der Waals surface area contributed by atoms with Gasteiger partial charge in [0.15, 0.2) is 0 Å². The standard InChI is InChI=1S/C10H12N2O3.C5H10O2/c13-12(14)8-2-1-3-9(6-8)15-10-4-5-11-7-10;1-5(2,3)7-4-6/h1-3,6,10-11H,4-5,7H2;4H,1-3H3. The number of hydrogen-bond acceptors (Lipinski definition) is 6. The predicted octanol–water partition coefficient (Wildman–Crippen LogP) is 2.29. The highest BCUT2D eigenvalue weighted by molar-refractivity contribution is 5.38. The zero-order valence-electron chi connectivity index (χ0n) is 13.1. The number of ether oxygens (including phenoxy) is 2. The second-order valence-corrected chi connectivity index (χ2v) is 5.81. The van der Waals surface area contributed by atoms with E-state index in [1.165, 1.54) is 12.1 Å². The van der Waals surface area contributed by atoms with E-state index < -0.39 is 4.92 Å². The lowest BCUT2D eigenvalue weighted by Crippen LogP contribution is -2.19. The monoisotopic (exact) mass is 310 g/mol. The zero-order chi connectivity index (χ0) is 16.6. The van der Waals surface area contributed by atoms with Crippen LogP contribution in [0.5, 0.6) is 5.75 Å². The summed E-state index contributed by atoms with van der Waals surface area (Å²) in [4.78, 5) is 19.7. The molecule has 1 atom stereocenters. The first-order chi connectivity index (χ1) is 10.3. The van der Waals surface area contributed by atoms with Crippen molar-refractivity contribution in [2.75, 3.05) is 13.1 Å². The quantitative estimate of drug-likeness (QED) is 0.521. The summed E-state index contributed by atoms with van der Waals surface area (Å²) in [5.74, 6) is 0.568. The van der Waals surface area contributed by atoms with Crippen molar-refractivity contribution in [3.63, 3.8) is 0 Å².